The topological polar surface area (TPSA) is 100 Å². The van der Waals surface area contributed by atoms with Gasteiger partial charge in [-0.15, -0.1) is 0 Å². The number of sulfonamides is 1. The van der Waals surface area contributed by atoms with Gasteiger partial charge in [-0.1, -0.05) is 6.92 Å². The predicted molar refractivity (Wildman–Crippen MR) is 73.6 cm³/mol. The Hall–Kier alpha value is -1.67. The summed E-state index contributed by atoms with van der Waals surface area (Å²) < 4.78 is 25.2. The van der Waals surface area contributed by atoms with Crippen LogP contribution in [0.3, 0.4) is 0 Å². The molecule has 0 radical (unpaired) electrons. The van der Waals surface area contributed by atoms with Gasteiger partial charge in [-0.3, -0.25) is 9.78 Å². The Morgan fingerprint density at radius 1 is 1.42 bits per heavy atom. The molecule has 0 aliphatic carbocycles. The van der Waals surface area contributed by atoms with Crippen LogP contribution >= 0.6 is 0 Å². The van der Waals surface area contributed by atoms with Crippen molar-refractivity contribution in [1.82, 2.24) is 15.0 Å². The molecule has 106 valence electrons. The Kier molecular flexibility index (Phi) is 5.71. The lowest BCUT2D eigenvalue weighted by Gasteiger charge is -2.08. The molecule has 0 fully saturated rings. The van der Waals surface area contributed by atoms with Crippen LogP contribution in [0.5, 0.6) is 0 Å². The van der Waals surface area contributed by atoms with Crippen LogP contribution < -0.4 is 15.4 Å². The number of anilines is 1. The van der Waals surface area contributed by atoms with Crippen LogP contribution in [0.15, 0.2) is 18.3 Å². The maximum atomic E-state index is 11.4. The van der Waals surface area contributed by atoms with Gasteiger partial charge in [-0.25, -0.2) is 13.1 Å². The SMILES string of the molecule is CCNS(=O)(=O)CCNc1ccnc(C(=O)NC)c1. The molecule has 0 aromatic carbocycles. The Bertz CT molecular complexity index is 530. The van der Waals surface area contributed by atoms with Crippen LogP contribution in [-0.4, -0.2) is 45.2 Å². The van der Waals surface area contributed by atoms with Gasteiger partial charge >= 0.3 is 0 Å². The van der Waals surface area contributed by atoms with Crippen LogP contribution in [0.25, 0.3) is 0 Å². The summed E-state index contributed by atoms with van der Waals surface area (Å²) in [6.45, 7) is 2.36. The maximum Gasteiger partial charge on any atom is 0.269 e. The number of nitrogens with zero attached hydrogens (tertiary/aromatic N) is 1. The molecule has 0 saturated heterocycles. The predicted octanol–water partition coefficient (Wildman–Crippen LogP) is -0.208. The summed E-state index contributed by atoms with van der Waals surface area (Å²) in [6.07, 6.45) is 1.49. The third-order valence-electron chi connectivity index (χ3n) is 2.28. The van der Waals surface area contributed by atoms with E-state index in [1.54, 1.807) is 19.1 Å². The molecule has 3 N–H and O–H groups in total. The lowest BCUT2D eigenvalue weighted by atomic mass is 10.3. The zero-order valence-corrected chi connectivity index (χ0v) is 11.8. The highest BCUT2D eigenvalue weighted by Gasteiger charge is 2.08. The molecule has 19 heavy (non-hydrogen) atoms. The van der Waals surface area contributed by atoms with Crippen LogP contribution in [0.2, 0.25) is 0 Å². The number of carbonyl (C=O) groups is 1. The molecule has 0 unspecified atom stereocenters. The van der Waals surface area contributed by atoms with E-state index in [1.807, 2.05) is 0 Å². The average Bonchev–Trinajstić information content (AvgIpc) is 2.38. The summed E-state index contributed by atoms with van der Waals surface area (Å²) in [5.41, 5.74) is 0.933. The lowest BCUT2D eigenvalue weighted by Crippen LogP contribution is -2.29. The van der Waals surface area contributed by atoms with E-state index in [4.69, 9.17) is 0 Å². The highest BCUT2D eigenvalue weighted by Crippen LogP contribution is 2.07. The van der Waals surface area contributed by atoms with Crippen LogP contribution in [-0.2, 0) is 10.0 Å². The van der Waals surface area contributed by atoms with Crippen molar-refractivity contribution in [3.8, 4) is 0 Å². The molecular weight excluding hydrogens is 268 g/mol. The van der Waals surface area contributed by atoms with Gasteiger partial charge in [-0.05, 0) is 12.1 Å². The first-order valence-corrected chi connectivity index (χ1v) is 7.53. The number of hydrogen-bond acceptors (Lipinski definition) is 5. The minimum Gasteiger partial charge on any atom is -0.384 e. The zero-order valence-electron chi connectivity index (χ0n) is 10.9. The molecule has 0 atom stereocenters. The highest BCUT2D eigenvalue weighted by atomic mass is 32.2. The molecule has 7 nitrogen and oxygen atoms in total. The first-order chi connectivity index (χ1) is 8.98. The largest absolute Gasteiger partial charge is 0.384 e. The van der Waals surface area contributed by atoms with E-state index < -0.39 is 10.0 Å². The molecule has 1 aromatic rings. The average molecular weight is 286 g/mol. The van der Waals surface area contributed by atoms with Gasteiger partial charge in [-0.2, -0.15) is 0 Å². The van der Waals surface area contributed by atoms with Crippen molar-refractivity contribution >= 4 is 21.6 Å². The minimum atomic E-state index is -3.24. The molecule has 1 heterocycles. The number of nitrogens with one attached hydrogen (secondary N) is 3. The molecule has 0 aliphatic rings. The zero-order chi connectivity index (χ0) is 14.3. The van der Waals surface area contributed by atoms with E-state index in [0.717, 1.165) is 0 Å². The molecular formula is C11H18N4O3S. The van der Waals surface area contributed by atoms with E-state index in [1.165, 1.54) is 13.2 Å². The van der Waals surface area contributed by atoms with Gasteiger partial charge in [0.25, 0.3) is 5.91 Å². The maximum absolute atomic E-state index is 11.4. The summed E-state index contributed by atoms with van der Waals surface area (Å²) in [6, 6.07) is 3.24. The third-order valence-corrected chi connectivity index (χ3v) is 3.75. The second-order valence-electron chi connectivity index (χ2n) is 3.75. The number of pyridine rings is 1. The van der Waals surface area contributed by atoms with Crippen molar-refractivity contribution in [1.29, 1.82) is 0 Å². The molecule has 0 bridgehead atoms. The molecule has 0 aliphatic heterocycles. The van der Waals surface area contributed by atoms with Crippen molar-refractivity contribution < 1.29 is 13.2 Å². The number of aromatic nitrogens is 1. The fraction of sp³-hybridized carbons (Fsp3) is 0.455. The lowest BCUT2D eigenvalue weighted by molar-refractivity contribution is 0.0958. The summed E-state index contributed by atoms with van der Waals surface area (Å²) in [7, 11) is -1.72. The summed E-state index contributed by atoms with van der Waals surface area (Å²) >= 11 is 0. The van der Waals surface area contributed by atoms with Gasteiger partial charge in [0.05, 0.1) is 5.75 Å². The first kappa shape index (κ1) is 15.4. The number of hydrogen-bond donors (Lipinski definition) is 3. The summed E-state index contributed by atoms with van der Waals surface area (Å²) in [4.78, 5) is 15.3. The van der Waals surface area contributed by atoms with E-state index in [-0.39, 0.29) is 23.9 Å². The minimum absolute atomic E-state index is 0.0293. The second-order valence-corrected chi connectivity index (χ2v) is 5.68. The first-order valence-electron chi connectivity index (χ1n) is 5.88. The molecule has 8 heteroatoms. The van der Waals surface area contributed by atoms with Crippen molar-refractivity contribution in [3.05, 3.63) is 24.0 Å². The van der Waals surface area contributed by atoms with Crippen molar-refractivity contribution in [3.63, 3.8) is 0 Å². The van der Waals surface area contributed by atoms with Crippen LogP contribution in [0.1, 0.15) is 17.4 Å². The van der Waals surface area contributed by atoms with Gasteiger partial charge in [0, 0.05) is 32.0 Å². The van der Waals surface area contributed by atoms with Crippen molar-refractivity contribution in [2.45, 2.75) is 6.92 Å². The Labute approximate surface area is 112 Å². The van der Waals surface area contributed by atoms with Crippen LogP contribution in [0.4, 0.5) is 5.69 Å². The van der Waals surface area contributed by atoms with Gasteiger partial charge in [0.15, 0.2) is 0 Å². The fourth-order valence-corrected chi connectivity index (χ4v) is 2.37. The van der Waals surface area contributed by atoms with E-state index >= 15 is 0 Å². The monoisotopic (exact) mass is 286 g/mol. The highest BCUT2D eigenvalue weighted by molar-refractivity contribution is 7.89. The number of amides is 1. The number of rotatable bonds is 7. The molecule has 1 amide bonds. The fourth-order valence-electron chi connectivity index (χ4n) is 1.41. The standard InChI is InChI=1S/C11H18N4O3S/c1-3-15-19(17,18)7-6-13-9-4-5-14-10(8-9)11(16)12-2/h4-5,8,15H,3,6-7H2,1-2H3,(H,12,16)(H,13,14). The summed E-state index contributed by atoms with van der Waals surface area (Å²) in [5, 5.41) is 5.41. The van der Waals surface area contributed by atoms with E-state index in [9.17, 15) is 13.2 Å². The van der Waals surface area contributed by atoms with Gasteiger partial charge in [0.2, 0.25) is 10.0 Å². The normalized spacial score (nSPS) is 11.1. The number of carbonyl (C=O) groups excluding carboxylic acids is 1. The Morgan fingerprint density at radius 3 is 2.79 bits per heavy atom. The smallest absolute Gasteiger partial charge is 0.269 e. The molecule has 1 aromatic heterocycles. The third kappa shape index (κ3) is 5.23. The second kappa shape index (κ2) is 7.05. The van der Waals surface area contributed by atoms with Crippen molar-refractivity contribution in [2.24, 2.45) is 0 Å². The molecule has 0 saturated carbocycles. The van der Waals surface area contributed by atoms with E-state index in [2.05, 4.69) is 20.3 Å². The van der Waals surface area contributed by atoms with Gasteiger partial charge in [0.1, 0.15) is 5.69 Å². The Morgan fingerprint density at radius 2 is 2.16 bits per heavy atom. The van der Waals surface area contributed by atoms with E-state index in [0.29, 0.717) is 12.2 Å². The van der Waals surface area contributed by atoms with Crippen LogP contribution in [0, 0.1) is 0 Å². The van der Waals surface area contributed by atoms with Crippen molar-refractivity contribution in [2.75, 3.05) is 31.2 Å². The molecule has 0 spiro atoms. The Balaban J connectivity index is 2.57. The van der Waals surface area contributed by atoms with Gasteiger partial charge < -0.3 is 10.6 Å². The summed E-state index contributed by atoms with van der Waals surface area (Å²) in [5.74, 6) is -0.317. The quantitative estimate of drug-likeness (QED) is 0.644. The molecule has 1 rings (SSSR count).